The molecule has 196 valence electrons. The highest BCUT2D eigenvalue weighted by atomic mass is 14.7. The van der Waals surface area contributed by atoms with Crippen molar-refractivity contribution in [2.75, 3.05) is 0 Å². The summed E-state index contributed by atoms with van der Waals surface area (Å²) in [5, 5.41) is 7.70. The number of fused-ring (bicyclic) bond motifs is 3. The van der Waals surface area contributed by atoms with Crippen LogP contribution in [0.1, 0.15) is 24.6 Å². The normalized spacial score (nSPS) is 11.7. The Labute approximate surface area is 241 Å². The number of aryl methyl sites for hydroxylation is 1. The van der Waals surface area contributed by atoms with E-state index in [-0.39, 0.29) is 0 Å². The first-order chi connectivity index (χ1) is 20.2. The summed E-state index contributed by atoms with van der Waals surface area (Å²) in [5.41, 5.74) is 9.67. The number of nitrogens with zero attached hydrogens (tertiary/aromatic N) is 1. The summed E-state index contributed by atoms with van der Waals surface area (Å²) in [6, 6.07) is 44.3. The second-order valence-corrected chi connectivity index (χ2v) is 10.7. The van der Waals surface area contributed by atoms with Gasteiger partial charge in [-0.15, -0.1) is 0 Å². The molecular formula is C40H31N. The largest absolute Gasteiger partial charge is 0.256 e. The van der Waals surface area contributed by atoms with Crippen molar-refractivity contribution in [3.63, 3.8) is 0 Å². The number of aromatic nitrogens is 1. The third-order valence-electron chi connectivity index (χ3n) is 8.16. The molecule has 7 aromatic rings. The van der Waals surface area contributed by atoms with Crippen molar-refractivity contribution in [1.29, 1.82) is 0 Å². The zero-order valence-corrected chi connectivity index (χ0v) is 23.4. The Hall–Kier alpha value is -5.01. The topological polar surface area (TPSA) is 12.9 Å². The van der Waals surface area contributed by atoms with Gasteiger partial charge in [0.15, 0.2) is 0 Å². The SMILES string of the molecule is CC/C=C/c1ccc(-c2ccc(-c3c4ccccc4c(-c4ccc(C)c5ccccc45)c4ccccc34)cc2)cn1. The van der Waals surface area contributed by atoms with Crippen LogP contribution in [0.25, 0.3) is 71.8 Å². The van der Waals surface area contributed by atoms with Gasteiger partial charge >= 0.3 is 0 Å². The van der Waals surface area contributed by atoms with Gasteiger partial charge in [-0.1, -0.05) is 128 Å². The summed E-state index contributed by atoms with van der Waals surface area (Å²) in [5.74, 6) is 0. The molecule has 41 heavy (non-hydrogen) atoms. The molecule has 0 N–H and O–H groups in total. The first-order valence-corrected chi connectivity index (χ1v) is 14.4. The van der Waals surface area contributed by atoms with Gasteiger partial charge in [0, 0.05) is 11.8 Å². The molecule has 6 aromatic carbocycles. The van der Waals surface area contributed by atoms with Crippen molar-refractivity contribution in [1.82, 2.24) is 4.98 Å². The minimum Gasteiger partial charge on any atom is -0.256 e. The predicted molar refractivity (Wildman–Crippen MR) is 177 cm³/mol. The standard InChI is InChI=1S/C40H31N/c1-3-4-11-31-24-23-30(26-41-31)28-19-21-29(22-20-28)39-34-14-7-9-16-36(34)40(37-17-10-8-15-35(37)39)38-25-18-27(2)32-12-5-6-13-33(32)38/h4-26H,3H2,1-2H3/b11-4+. The van der Waals surface area contributed by atoms with Crippen LogP contribution < -0.4 is 0 Å². The van der Waals surface area contributed by atoms with Crippen LogP contribution >= 0.6 is 0 Å². The number of hydrogen-bond donors (Lipinski definition) is 0. The van der Waals surface area contributed by atoms with E-state index in [0.29, 0.717) is 0 Å². The maximum absolute atomic E-state index is 4.63. The molecule has 0 saturated heterocycles. The summed E-state index contributed by atoms with van der Waals surface area (Å²) in [6.07, 6.45) is 7.19. The van der Waals surface area contributed by atoms with Crippen LogP contribution in [-0.2, 0) is 0 Å². The average molecular weight is 526 g/mol. The minimum atomic E-state index is 0.992. The van der Waals surface area contributed by atoms with Gasteiger partial charge in [0.2, 0.25) is 0 Å². The van der Waals surface area contributed by atoms with Gasteiger partial charge in [-0.25, -0.2) is 0 Å². The summed E-state index contributed by atoms with van der Waals surface area (Å²) < 4.78 is 0. The zero-order valence-electron chi connectivity index (χ0n) is 23.4. The van der Waals surface area contributed by atoms with Crippen molar-refractivity contribution in [3.05, 3.63) is 145 Å². The van der Waals surface area contributed by atoms with Crippen LogP contribution in [0.4, 0.5) is 0 Å². The molecule has 1 heterocycles. The second kappa shape index (κ2) is 10.5. The highest BCUT2D eigenvalue weighted by Gasteiger charge is 2.18. The van der Waals surface area contributed by atoms with Crippen molar-refractivity contribution in [2.24, 2.45) is 0 Å². The maximum atomic E-state index is 4.63. The van der Waals surface area contributed by atoms with E-state index in [1.165, 1.54) is 65.7 Å². The molecular weight excluding hydrogens is 494 g/mol. The fraction of sp³-hybridized carbons (Fsp3) is 0.0750. The van der Waals surface area contributed by atoms with Gasteiger partial charge in [-0.3, -0.25) is 4.98 Å². The Morgan fingerprint density at radius 3 is 1.63 bits per heavy atom. The molecule has 0 bridgehead atoms. The van der Waals surface area contributed by atoms with E-state index in [1.807, 2.05) is 6.20 Å². The van der Waals surface area contributed by atoms with E-state index < -0.39 is 0 Å². The Morgan fingerprint density at radius 2 is 1.05 bits per heavy atom. The number of rotatable bonds is 5. The summed E-state index contributed by atoms with van der Waals surface area (Å²) >= 11 is 0. The van der Waals surface area contributed by atoms with Gasteiger partial charge in [0.25, 0.3) is 0 Å². The molecule has 1 nitrogen and oxygen atoms in total. The van der Waals surface area contributed by atoms with Crippen molar-refractivity contribution >= 4 is 38.4 Å². The fourth-order valence-electron chi connectivity index (χ4n) is 6.14. The van der Waals surface area contributed by atoms with Crippen LogP contribution in [0.5, 0.6) is 0 Å². The number of benzene rings is 6. The number of allylic oxidation sites excluding steroid dienone is 1. The summed E-state index contributed by atoms with van der Waals surface area (Å²) in [4.78, 5) is 4.63. The molecule has 0 atom stereocenters. The molecule has 0 radical (unpaired) electrons. The van der Waals surface area contributed by atoms with E-state index in [9.17, 15) is 0 Å². The Morgan fingerprint density at radius 1 is 0.512 bits per heavy atom. The van der Waals surface area contributed by atoms with Crippen LogP contribution in [0, 0.1) is 6.92 Å². The van der Waals surface area contributed by atoms with Crippen molar-refractivity contribution < 1.29 is 0 Å². The first kappa shape index (κ1) is 25.0. The van der Waals surface area contributed by atoms with Crippen LogP contribution in [0.3, 0.4) is 0 Å². The highest BCUT2D eigenvalue weighted by molar-refractivity contribution is 6.23. The molecule has 0 aliphatic rings. The maximum Gasteiger partial charge on any atom is 0.0626 e. The monoisotopic (exact) mass is 525 g/mol. The summed E-state index contributed by atoms with van der Waals surface area (Å²) in [7, 11) is 0. The lowest BCUT2D eigenvalue weighted by Gasteiger charge is -2.19. The highest BCUT2D eigenvalue weighted by Crippen LogP contribution is 2.45. The molecule has 0 unspecified atom stereocenters. The number of pyridine rings is 1. The summed E-state index contributed by atoms with van der Waals surface area (Å²) in [6.45, 7) is 4.33. The van der Waals surface area contributed by atoms with Crippen molar-refractivity contribution in [3.8, 4) is 33.4 Å². The van der Waals surface area contributed by atoms with Crippen LogP contribution in [-0.4, -0.2) is 4.98 Å². The van der Waals surface area contributed by atoms with E-state index in [0.717, 1.165) is 17.7 Å². The minimum absolute atomic E-state index is 0.992. The third-order valence-corrected chi connectivity index (χ3v) is 8.16. The zero-order chi connectivity index (χ0) is 27.8. The fourth-order valence-corrected chi connectivity index (χ4v) is 6.14. The lowest BCUT2D eigenvalue weighted by atomic mass is 9.84. The molecule has 7 rings (SSSR count). The molecule has 0 aliphatic carbocycles. The molecule has 0 aliphatic heterocycles. The molecule has 0 saturated carbocycles. The predicted octanol–water partition coefficient (Wildman–Crippen LogP) is 11.3. The van der Waals surface area contributed by atoms with Crippen LogP contribution in [0.15, 0.2) is 134 Å². The second-order valence-electron chi connectivity index (χ2n) is 10.7. The molecule has 1 heteroatoms. The Bertz CT molecular complexity index is 2010. The van der Waals surface area contributed by atoms with Gasteiger partial charge in [0.05, 0.1) is 5.69 Å². The smallest absolute Gasteiger partial charge is 0.0626 e. The van der Waals surface area contributed by atoms with E-state index in [4.69, 9.17) is 0 Å². The van der Waals surface area contributed by atoms with Crippen molar-refractivity contribution in [2.45, 2.75) is 20.3 Å². The molecule has 0 fully saturated rings. The van der Waals surface area contributed by atoms with E-state index in [2.05, 4.69) is 152 Å². The number of hydrogen-bond acceptors (Lipinski definition) is 1. The average Bonchev–Trinajstić information content (AvgIpc) is 3.04. The third kappa shape index (κ3) is 4.40. The van der Waals surface area contributed by atoms with Gasteiger partial charge in [-0.05, 0) is 91.2 Å². The lowest BCUT2D eigenvalue weighted by Crippen LogP contribution is -1.92. The molecule has 1 aromatic heterocycles. The lowest BCUT2D eigenvalue weighted by molar-refractivity contribution is 1.22. The molecule has 0 amide bonds. The van der Waals surface area contributed by atoms with Gasteiger partial charge in [0.1, 0.15) is 0 Å². The Kier molecular flexibility index (Phi) is 6.41. The van der Waals surface area contributed by atoms with Gasteiger partial charge < -0.3 is 0 Å². The van der Waals surface area contributed by atoms with E-state index in [1.54, 1.807) is 0 Å². The van der Waals surface area contributed by atoms with Crippen LogP contribution in [0.2, 0.25) is 0 Å². The first-order valence-electron chi connectivity index (χ1n) is 14.4. The Balaban J connectivity index is 1.43. The quantitative estimate of drug-likeness (QED) is 0.204. The molecule has 0 spiro atoms. The van der Waals surface area contributed by atoms with E-state index >= 15 is 0 Å². The van der Waals surface area contributed by atoms with Gasteiger partial charge in [-0.2, -0.15) is 0 Å².